The zero-order chi connectivity index (χ0) is 23.1. The second-order valence-electron chi connectivity index (χ2n) is 6.44. The molecule has 0 heterocycles. The number of carbonyl (C=O) groups is 2. The molecule has 0 aromatic heterocycles. The van der Waals surface area contributed by atoms with Gasteiger partial charge in [-0.3, -0.25) is 9.11 Å². The second-order valence-corrected chi connectivity index (χ2v) is 9.83. The molecule has 10 nitrogen and oxygen atoms in total. The normalized spacial score (nSPS) is 13.7. The second kappa shape index (κ2) is 10.5. The van der Waals surface area contributed by atoms with Crippen LogP contribution in [0.15, 0.2) is 60.7 Å². The van der Waals surface area contributed by atoms with Crippen LogP contribution in [0.5, 0.6) is 0 Å². The summed E-state index contributed by atoms with van der Waals surface area (Å²) in [6.45, 7) is -1.77. The van der Waals surface area contributed by atoms with Crippen LogP contribution in [0.4, 0.5) is 0 Å². The Balaban J connectivity index is 2.09. The van der Waals surface area contributed by atoms with Gasteiger partial charge in [-0.25, -0.2) is 9.59 Å². The third-order valence-corrected chi connectivity index (χ3v) is 6.53. The summed E-state index contributed by atoms with van der Waals surface area (Å²) in [6, 6.07) is 15.1. The molecule has 0 bridgehead atoms. The van der Waals surface area contributed by atoms with E-state index >= 15 is 0 Å². The largest absolute Gasteiger partial charge is 0.461 e. The van der Waals surface area contributed by atoms with Crippen molar-refractivity contribution in [2.24, 2.45) is 0 Å². The van der Waals surface area contributed by atoms with E-state index in [1.165, 1.54) is 24.3 Å². The van der Waals surface area contributed by atoms with Gasteiger partial charge in [-0.15, -0.1) is 0 Å². The SMILES string of the molecule is O=C(OCC(CC(COC(=O)c1ccccc1)S(=O)(=O)O)S(=O)(=O)O)c1ccccc1. The van der Waals surface area contributed by atoms with Crippen molar-refractivity contribution in [2.45, 2.75) is 16.9 Å². The summed E-state index contributed by atoms with van der Waals surface area (Å²) in [4.78, 5) is 24.0. The molecule has 2 aromatic rings. The fourth-order valence-corrected chi connectivity index (χ4v) is 4.05. The van der Waals surface area contributed by atoms with E-state index in [2.05, 4.69) is 0 Å². The fraction of sp³-hybridized carbons (Fsp3) is 0.263. The minimum Gasteiger partial charge on any atom is -0.461 e. The molecule has 168 valence electrons. The van der Waals surface area contributed by atoms with Crippen molar-refractivity contribution in [3.8, 4) is 0 Å². The molecule has 2 rings (SSSR count). The first-order chi connectivity index (χ1) is 14.5. The number of rotatable bonds is 10. The first kappa shape index (κ1) is 24.5. The molecule has 0 saturated heterocycles. The molecule has 2 unspecified atom stereocenters. The lowest BCUT2D eigenvalue weighted by molar-refractivity contribution is 0.0481. The highest BCUT2D eigenvalue weighted by Gasteiger charge is 2.35. The van der Waals surface area contributed by atoms with Crippen LogP contribution in [0.25, 0.3) is 0 Å². The Hall–Kier alpha value is -2.80. The summed E-state index contributed by atoms with van der Waals surface area (Å²) in [5, 5.41) is -3.77. The molecule has 0 spiro atoms. The molecule has 0 aliphatic heterocycles. The van der Waals surface area contributed by atoms with Crippen molar-refractivity contribution in [3.05, 3.63) is 71.8 Å². The number of hydrogen-bond acceptors (Lipinski definition) is 8. The molecule has 2 N–H and O–H groups in total. The number of hydrogen-bond donors (Lipinski definition) is 2. The van der Waals surface area contributed by atoms with Crippen molar-refractivity contribution < 1.29 is 45.0 Å². The maximum absolute atomic E-state index is 12.0. The maximum atomic E-state index is 12.0. The molecule has 31 heavy (non-hydrogen) atoms. The molecule has 0 aliphatic carbocycles. The van der Waals surface area contributed by atoms with Crippen molar-refractivity contribution in [1.29, 1.82) is 0 Å². The van der Waals surface area contributed by atoms with Crippen LogP contribution >= 0.6 is 0 Å². The molecule has 0 aliphatic rings. The van der Waals surface area contributed by atoms with E-state index in [4.69, 9.17) is 9.47 Å². The molecule has 0 fully saturated rings. The van der Waals surface area contributed by atoms with Gasteiger partial charge < -0.3 is 9.47 Å². The van der Waals surface area contributed by atoms with Crippen molar-refractivity contribution >= 4 is 32.2 Å². The summed E-state index contributed by atoms with van der Waals surface area (Å²) in [5.74, 6) is -1.79. The predicted molar refractivity (Wildman–Crippen MR) is 109 cm³/mol. The Morgan fingerprint density at radius 1 is 0.677 bits per heavy atom. The third-order valence-electron chi connectivity index (χ3n) is 4.19. The van der Waals surface area contributed by atoms with Gasteiger partial charge in [-0.2, -0.15) is 16.8 Å². The van der Waals surface area contributed by atoms with E-state index < -0.39 is 62.3 Å². The van der Waals surface area contributed by atoms with Crippen LogP contribution < -0.4 is 0 Å². The topological polar surface area (TPSA) is 161 Å². The molecule has 0 saturated carbocycles. The van der Waals surface area contributed by atoms with Crippen LogP contribution in [0.2, 0.25) is 0 Å². The molecule has 0 radical (unpaired) electrons. The summed E-state index contributed by atoms with van der Waals surface area (Å²) < 4.78 is 75.3. The highest BCUT2D eigenvalue weighted by atomic mass is 32.2. The molecule has 12 heteroatoms. The van der Waals surface area contributed by atoms with E-state index in [1.807, 2.05) is 0 Å². The molecule has 2 atom stereocenters. The lowest BCUT2D eigenvalue weighted by Gasteiger charge is -2.19. The quantitative estimate of drug-likeness (QED) is 0.384. The zero-order valence-corrected chi connectivity index (χ0v) is 17.7. The van der Waals surface area contributed by atoms with Crippen LogP contribution in [0.3, 0.4) is 0 Å². The van der Waals surface area contributed by atoms with Crippen molar-refractivity contribution in [1.82, 2.24) is 0 Å². The number of ether oxygens (including phenoxy) is 2. The van der Waals surface area contributed by atoms with E-state index in [9.17, 15) is 35.5 Å². The average Bonchev–Trinajstić information content (AvgIpc) is 2.72. The Labute approximate surface area is 179 Å². The van der Waals surface area contributed by atoms with Crippen LogP contribution in [-0.4, -0.2) is 61.6 Å². The minimum absolute atomic E-state index is 0.111. The number of esters is 2. The van der Waals surface area contributed by atoms with Gasteiger partial charge in [0, 0.05) is 0 Å². The first-order valence-electron chi connectivity index (χ1n) is 8.85. The van der Waals surface area contributed by atoms with Gasteiger partial charge in [0.05, 0.1) is 11.1 Å². The molecule has 2 aromatic carbocycles. The molecular weight excluding hydrogens is 452 g/mol. The van der Waals surface area contributed by atoms with Crippen LogP contribution in [0.1, 0.15) is 27.1 Å². The Kier molecular flexibility index (Phi) is 8.28. The molecular formula is C19H20O10S2. The maximum Gasteiger partial charge on any atom is 0.338 e. The summed E-state index contributed by atoms with van der Waals surface area (Å²) >= 11 is 0. The van der Waals surface area contributed by atoms with Gasteiger partial charge in [0.1, 0.15) is 23.7 Å². The van der Waals surface area contributed by atoms with Crippen LogP contribution in [0, 0.1) is 0 Å². The number of benzene rings is 2. The lowest BCUT2D eigenvalue weighted by Crippen LogP contribution is -2.37. The van der Waals surface area contributed by atoms with Gasteiger partial charge in [-0.1, -0.05) is 36.4 Å². The summed E-state index contributed by atoms with van der Waals surface area (Å²) in [7, 11) is -9.76. The third kappa shape index (κ3) is 7.75. The highest BCUT2D eigenvalue weighted by molar-refractivity contribution is 7.87. The van der Waals surface area contributed by atoms with Crippen molar-refractivity contribution in [3.63, 3.8) is 0 Å². The van der Waals surface area contributed by atoms with E-state index in [-0.39, 0.29) is 11.1 Å². The summed E-state index contributed by atoms with van der Waals surface area (Å²) in [5.41, 5.74) is 0.222. The minimum atomic E-state index is -4.88. The van der Waals surface area contributed by atoms with Gasteiger partial charge in [0.2, 0.25) is 0 Å². The van der Waals surface area contributed by atoms with Crippen molar-refractivity contribution in [2.75, 3.05) is 13.2 Å². The van der Waals surface area contributed by atoms with Gasteiger partial charge in [0.25, 0.3) is 20.2 Å². The predicted octanol–water partition coefficient (Wildman–Crippen LogP) is 1.60. The monoisotopic (exact) mass is 472 g/mol. The fourth-order valence-electron chi connectivity index (χ4n) is 2.50. The van der Waals surface area contributed by atoms with Gasteiger partial charge >= 0.3 is 11.9 Å². The van der Waals surface area contributed by atoms with Crippen LogP contribution in [-0.2, 0) is 29.7 Å². The van der Waals surface area contributed by atoms with E-state index in [1.54, 1.807) is 36.4 Å². The zero-order valence-electron chi connectivity index (χ0n) is 16.0. The number of carbonyl (C=O) groups excluding carboxylic acids is 2. The smallest absolute Gasteiger partial charge is 0.338 e. The van der Waals surface area contributed by atoms with E-state index in [0.717, 1.165) is 0 Å². The highest BCUT2D eigenvalue weighted by Crippen LogP contribution is 2.16. The average molecular weight is 472 g/mol. The Bertz CT molecular complexity index is 1010. The lowest BCUT2D eigenvalue weighted by atomic mass is 10.2. The van der Waals surface area contributed by atoms with Gasteiger partial charge in [-0.05, 0) is 30.7 Å². The van der Waals surface area contributed by atoms with Gasteiger partial charge in [0.15, 0.2) is 0 Å². The summed E-state index contributed by atoms with van der Waals surface area (Å²) in [6.07, 6.45) is -0.887. The first-order valence-corrected chi connectivity index (χ1v) is 11.9. The Morgan fingerprint density at radius 3 is 1.29 bits per heavy atom. The standard InChI is InChI=1S/C19H20O10S2/c20-18(14-7-3-1-4-8-14)28-12-16(30(22,23)24)11-17(31(25,26)27)13-29-19(21)15-9-5-2-6-10-15/h1-10,16-17H,11-13H2,(H,22,23,24)(H,25,26,27). The van der Waals surface area contributed by atoms with E-state index in [0.29, 0.717) is 0 Å². The molecule has 0 amide bonds. The Morgan fingerprint density at radius 2 is 1.00 bits per heavy atom.